The standard InChI is InChI=1S/C23H20O2S/c1-17-11-13-21(14-12-17)26(24,25)23-16-20-10-6-5-9-19(20)15-22(23)18-7-3-2-4-8-18/h2-16,22-23H,1H3. The van der Waals surface area contributed by atoms with Crippen molar-refractivity contribution in [3.8, 4) is 0 Å². The molecule has 2 atom stereocenters. The van der Waals surface area contributed by atoms with E-state index in [4.69, 9.17) is 0 Å². The molecule has 0 aliphatic heterocycles. The Morgan fingerprint density at radius 2 is 1.27 bits per heavy atom. The summed E-state index contributed by atoms with van der Waals surface area (Å²) in [6, 6.07) is 24.9. The second-order valence-electron chi connectivity index (χ2n) is 6.72. The van der Waals surface area contributed by atoms with Crippen molar-refractivity contribution < 1.29 is 8.42 Å². The maximum Gasteiger partial charge on any atom is 0.185 e. The smallest absolute Gasteiger partial charge is 0.185 e. The zero-order valence-corrected chi connectivity index (χ0v) is 15.4. The van der Waals surface area contributed by atoms with Crippen molar-refractivity contribution in [3.63, 3.8) is 0 Å². The van der Waals surface area contributed by atoms with E-state index in [-0.39, 0.29) is 5.92 Å². The van der Waals surface area contributed by atoms with Gasteiger partial charge in [-0.05, 0) is 35.1 Å². The summed E-state index contributed by atoms with van der Waals surface area (Å²) >= 11 is 0. The molecule has 0 heterocycles. The van der Waals surface area contributed by atoms with E-state index >= 15 is 0 Å². The molecule has 0 amide bonds. The molecule has 2 unspecified atom stereocenters. The molecule has 1 aliphatic carbocycles. The maximum atomic E-state index is 13.4. The number of sulfone groups is 1. The lowest BCUT2D eigenvalue weighted by Gasteiger charge is -2.25. The largest absolute Gasteiger partial charge is 0.223 e. The van der Waals surface area contributed by atoms with Crippen molar-refractivity contribution in [2.75, 3.05) is 0 Å². The molecule has 3 aromatic carbocycles. The van der Waals surface area contributed by atoms with Gasteiger partial charge in [-0.1, -0.05) is 84.4 Å². The van der Waals surface area contributed by atoms with Gasteiger partial charge in [-0.2, -0.15) is 0 Å². The Bertz CT molecular complexity index is 1140. The zero-order valence-electron chi connectivity index (χ0n) is 14.5. The van der Waals surface area contributed by atoms with Crippen LogP contribution in [0.2, 0.25) is 0 Å². The van der Waals surface area contributed by atoms with Gasteiger partial charge in [0, 0.05) is 5.92 Å². The molecule has 0 saturated heterocycles. The number of hydrogen-bond donors (Lipinski definition) is 0. The van der Waals surface area contributed by atoms with Crippen molar-refractivity contribution in [2.24, 2.45) is 0 Å². The van der Waals surface area contributed by atoms with Crippen LogP contribution < -0.4 is 10.4 Å². The number of hydrogen-bond acceptors (Lipinski definition) is 2. The topological polar surface area (TPSA) is 34.1 Å². The van der Waals surface area contributed by atoms with Gasteiger partial charge in [-0.15, -0.1) is 0 Å². The normalized spacial score (nSPS) is 19.1. The fourth-order valence-electron chi connectivity index (χ4n) is 3.51. The Hall–Kier alpha value is -2.65. The molecule has 0 fully saturated rings. The van der Waals surface area contributed by atoms with E-state index in [9.17, 15) is 8.42 Å². The van der Waals surface area contributed by atoms with Gasteiger partial charge in [0.25, 0.3) is 0 Å². The molecule has 0 bridgehead atoms. The first-order chi connectivity index (χ1) is 12.6. The second kappa shape index (κ2) is 6.58. The SMILES string of the molecule is Cc1ccc(S(=O)(=O)C2C=c3ccccc3=CC2c2ccccc2)cc1. The minimum atomic E-state index is -3.51. The van der Waals surface area contributed by atoms with E-state index < -0.39 is 15.1 Å². The summed E-state index contributed by atoms with van der Waals surface area (Å²) in [6.45, 7) is 1.96. The van der Waals surface area contributed by atoms with Gasteiger partial charge >= 0.3 is 0 Å². The summed E-state index contributed by atoms with van der Waals surface area (Å²) in [4.78, 5) is 0.373. The van der Waals surface area contributed by atoms with Crippen LogP contribution in [0.5, 0.6) is 0 Å². The molecule has 0 aromatic heterocycles. The fourth-order valence-corrected chi connectivity index (χ4v) is 5.29. The van der Waals surface area contributed by atoms with Crippen LogP contribution in [0.1, 0.15) is 17.0 Å². The lowest BCUT2D eigenvalue weighted by molar-refractivity contribution is 0.586. The Labute approximate surface area is 154 Å². The van der Waals surface area contributed by atoms with Crippen molar-refractivity contribution in [1.29, 1.82) is 0 Å². The summed E-state index contributed by atoms with van der Waals surface area (Å²) < 4.78 is 26.9. The predicted molar refractivity (Wildman–Crippen MR) is 106 cm³/mol. The molecule has 3 heteroatoms. The third-order valence-electron chi connectivity index (χ3n) is 4.95. The third kappa shape index (κ3) is 2.99. The van der Waals surface area contributed by atoms with Crippen LogP contribution in [0.4, 0.5) is 0 Å². The quantitative estimate of drug-likeness (QED) is 0.719. The van der Waals surface area contributed by atoms with E-state index in [1.807, 2.05) is 79.7 Å². The average molecular weight is 360 g/mol. The van der Waals surface area contributed by atoms with Gasteiger partial charge in [0.05, 0.1) is 10.1 Å². The number of benzene rings is 3. The van der Waals surface area contributed by atoms with E-state index in [0.29, 0.717) is 4.90 Å². The molecule has 0 spiro atoms. The highest BCUT2D eigenvalue weighted by molar-refractivity contribution is 7.92. The Morgan fingerprint density at radius 3 is 1.92 bits per heavy atom. The first-order valence-corrected chi connectivity index (χ1v) is 10.2. The molecule has 3 aromatic rings. The van der Waals surface area contributed by atoms with Crippen LogP contribution in [0, 0.1) is 6.92 Å². The molecule has 0 N–H and O–H groups in total. The molecular formula is C23H20O2S. The van der Waals surface area contributed by atoms with Crippen LogP contribution in [-0.2, 0) is 9.84 Å². The molecule has 130 valence electrons. The van der Waals surface area contributed by atoms with Crippen molar-refractivity contribution in [2.45, 2.75) is 23.0 Å². The highest BCUT2D eigenvalue weighted by Gasteiger charge is 2.34. The summed E-state index contributed by atoms with van der Waals surface area (Å²) in [5.74, 6) is -0.211. The molecule has 0 radical (unpaired) electrons. The second-order valence-corrected chi connectivity index (χ2v) is 8.83. The number of rotatable bonds is 3. The highest BCUT2D eigenvalue weighted by atomic mass is 32.2. The lowest BCUT2D eigenvalue weighted by atomic mass is 9.90. The van der Waals surface area contributed by atoms with Gasteiger partial charge in [0.15, 0.2) is 9.84 Å². The Morgan fingerprint density at radius 1 is 0.692 bits per heavy atom. The minimum Gasteiger partial charge on any atom is -0.223 e. The van der Waals surface area contributed by atoms with Crippen LogP contribution >= 0.6 is 0 Å². The molecule has 26 heavy (non-hydrogen) atoms. The van der Waals surface area contributed by atoms with E-state index in [2.05, 4.69) is 6.08 Å². The average Bonchev–Trinajstić information content (AvgIpc) is 2.68. The summed E-state index contributed by atoms with van der Waals surface area (Å²) in [5.41, 5.74) is 2.06. The molecule has 2 nitrogen and oxygen atoms in total. The maximum absolute atomic E-state index is 13.4. The highest BCUT2D eigenvalue weighted by Crippen LogP contribution is 2.32. The van der Waals surface area contributed by atoms with Gasteiger partial charge in [-0.3, -0.25) is 0 Å². The van der Waals surface area contributed by atoms with Crippen molar-refractivity contribution in [3.05, 3.63) is 100 Å². The number of fused-ring (bicyclic) bond motifs is 1. The van der Waals surface area contributed by atoms with Gasteiger partial charge < -0.3 is 0 Å². The molecular weight excluding hydrogens is 340 g/mol. The molecule has 0 saturated carbocycles. The zero-order chi connectivity index (χ0) is 18.1. The summed E-state index contributed by atoms with van der Waals surface area (Å²) in [7, 11) is -3.51. The van der Waals surface area contributed by atoms with Gasteiger partial charge in [0.2, 0.25) is 0 Å². The van der Waals surface area contributed by atoms with Crippen LogP contribution in [0.25, 0.3) is 12.2 Å². The van der Waals surface area contributed by atoms with Crippen LogP contribution in [-0.4, -0.2) is 13.7 Å². The number of aryl methyl sites for hydroxylation is 1. The molecule has 4 rings (SSSR count). The van der Waals surface area contributed by atoms with Crippen molar-refractivity contribution in [1.82, 2.24) is 0 Å². The van der Waals surface area contributed by atoms with E-state index in [0.717, 1.165) is 21.6 Å². The first-order valence-electron chi connectivity index (χ1n) is 8.70. The predicted octanol–water partition coefficient (Wildman–Crippen LogP) is 3.20. The van der Waals surface area contributed by atoms with Crippen LogP contribution in [0.15, 0.2) is 83.8 Å². The summed E-state index contributed by atoms with van der Waals surface area (Å²) in [5, 5.41) is 1.43. The fraction of sp³-hybridized carbons (Fsp3) is 0.130. The van der Waals surface area contributed by atoms with E-state index in [1.165, 1.54) is 0 Å². The monoisotopic (exact) mass is 360 g/mol. The lowest BCUT2D eigenvalue weighted by Crippen LogP contribution is -2.37. The first kappa shape index (κ1) is 16.8. The summed E-state index contributed by atoms with van der Waals surface area (Å²) in [6.07, 6.45) is 3.99. The van der Waals surface area contributed by atoms with Crippen LogP contribution in [0.3, 0.4) is 0 Å². The Kier molecular flexibility index (Phi) is 4.25. The van der Waals surface area contributed by atoms with E-state index in [1.54, 1.807) is 12.1 Å². The van der Waals surface area contributed by atoms with Gasteiger partial charge in [0.1, 0.15) is 0 Å². The Balaban J connectivity index is 1.92. The minimum absolute atomic E-state index is 0.211. The van der Waals surface area contributed by atoms with Crippen molar-refractivity contribution >= 4 is 22.0 Å². The molecule has 1 aliphatic rings. The van der Waals surface area contributed by atoms with Gasteiger partial charge in [-0.25, -0.2) is 8.42 Å². The third-order valence-corrected chi connectivity index (χ3v) is 7.02.